The van der Waals surface area contributed by atoms with Crippen LogP contribution in [-0.4, -0.2) is 48.6 Å². The van der Waals surface area contributed by atoms with Crippen molar-refractivity contribution in [2.45, 2.75) is 64.0 Å². The molecule has 0 radical (unpaired) electrons. The van der Waals surface area contributed by atoms with Crippen molar-refractivity contribution in [2.75, 3.05) is 19.8 Å². The zero-order valence-electron chi connectivity index (χ0n) is 16.4. The molecule has 2 aliphatic heterocycles. The molecule has 150 valence electrons. The van der Waals surface area contributed by atoms with Gasteiger partial charge in [-0.3, -0.25) is 0 Å². The van der Waals surface area contributed by atoms with Gasteiger partial charge in [0, 0.05) is 31.0 Å². The maximum absolute atomic E-state index is 13.0. The van der Waals surface area contributed by atoms with Crippen molar-refractivity contribution < 1.29 is 19.0 Å². The van der Waals surface area contributed by atoms with E-state index in [1.807, 2.05) is 42.2 Å². The molecule has 1 spiro atoms. The summed E-state index contributed by atoms with van der Waals surface area (Å²) in [6, 6.07) is 9.66. The first-order valence-corrected chi connectivity index (χ1v) is 10.1. The molecular formula is C21H32N2O4. The molecule has 2 heterocycles. The van der Waals surface area contributed by atoms with Crippen LogP contribution in [0.2, 0.25) is 0 Å². The minimum absolute atomic E-state index is 0.0364. The smallest absolute Gasteiger partial charge is 0.410 e. The van der Waals surface area contributed by atoms with Crippen molar-refractivity contribution in [3.05, 3.63) is 35.9 Å². The van der Waals surface area contributed by atoms with Gasteiger partial charge in [0.25, 0.3) is 0 Å². The van der Waals surface area contributed by atoms with Gasteiger partial charge in [0.2, 0.25) is 0 Å². The summed E-state index contributed by atoms with van der Waals surface area (Å²) in [7, 11) is 0. The van der Waals surface area contributed by atoms with Crippen LogP contribution >= 0.6 is 0 Å². The Morgan fingerprint density at radius 2 is 2.00 bits per heavy atom. The third-order valence-corrected chi connectivity index (χ3v) is 5.68. The topological polar surface area (TPSA) is 74.0 Å². The third-order valence-electron chi connectivity index (χ3n) is 5.68. The van der Waals surface area contributed by atoms with Crippen molar-refractivity contribution >= 4 is 6.09 Å². The summed E-state index contributed by atoms with van der Waals surface area (Å²) in [5.41, 5.74) is 7.14. The van der Waals surface area contributed by atoms with Crippen LogP contribution in [0.25, 0.3) is 0 Å². The van der Waals surface area contributed by atoms with E-state index in [4.69, 9.17) is 19.9 Å². The van der Waals surface area contributed by atoms with E-state index in [1.165, 1.54) is 0 Å². The lowest BCUT2D eigenvalue weighted by Crippen LogP contribution is -2.67. The number of ether oxygens (including phenoxy) is 3. The van der Waals surface area contributed by atoms with E-state index in [1.54, 1.807) is 0 Å². The Morgan fingerprint density at radius 1 is 1.30 bits per heavy atom. The molecule has 6 nitrogen and oxygen atoms in total. The Kier molecular flexibility index (Phi) is 6.73. The van der Waals surface area contributed by atoms with Gasteiger partial charge < -0.3 is 24.8 Å². The van der Waals surface area contributed by atoms with Crippen LogP contribution in [0.1, 0.15) is 45.1 Å². The molecule has 0 bridgehead atoms. The predicted molar refractivity (Wildman–Crippen MR) is 103 cm³/mol. The highest BCUT2D eigenvalue weighted by Crippen LogP contribution is 2.43. The lowest BCUT2D eigenvalue weighted by Gasteiger charge is -2.55. The Labute approximate surface area is 161 Å². The van der Waals surface area contributed by atoms with Crippen LogP contribution in [0.15, 0.2) is 30.3 Å². The second-order valence-electron chi connectivity index (χ2n) is 7.56. The average Bonchev–Trinajstić information content (AvgIpc) is 2.68. The third kappa shape index (κ3) is 4.28. The Balaban J connectivity index is 1.77. The number of amides is 1. The molecule has 0 aliphatic carbocycles. The standard InChI is InChI=1S/C21H32N2O4/c1-3-8-19-18(14-22)21(26-11-7-12-27-21)13-16(2)23(19)20(24)25-15-17-9-5-4-6-10-17/h4-6,9-10,16,18-19H,3,7-8,11-15,22H2,1-2H3/t16-,18+,19+/m1/s1. The van der Waals surface area contributed by atoms with E-state index < -0.39 is 5.79 Å². The lowest BCUT2D eigenvalue weighted by molar-refractivity contribution is -0.320. The van der Waals surface area contributed by atoms with Gasteiger partial charge in [0.15, 0.2) is 5.79 Å². The van der Waals surface area contributed by atoms with Crippen LogP contribution in [0.3, 0.4) is 0 Å². The molecule has 1 aromatic carbocycles. The number of benzene rings is 1. The number of carbonyl (C=O) groups excluding carboxylic acids is 1. The van der Waals surface area contributed by atoms with Crippen LogP contribution in [-0.2, 0) is 20.8 Å². The molecular weight excluding hydrogens is 344 g/mol. The minimum atomic E-state index is -0.678. The van der Waals surface area contributed by atoms with E-state index in [2.05, 4.69) is 6.92 Å². The van der Waals surface area contributed by atoms with E-state index >= 15 is 0 Å². The average molecular weight is 376 g/mol. The molecule has 2 saturated heterocycles. The molecule has 27 heavy (non-hydrogen) atoms. The van der Waals surface area contributed by atoms with Crippen molar-refractivity contribution in [3.8, 4) is 0 Å². The maximum Gasteiger partial charge on any atom is 0.410 e. The number of hydrogen-bond acceptors (Lipinski definition) is 5. The Bertz CT molecular complexity index is 603. The van der Waals surface area contributed by atoms with Gasteiger partial charge in [-0.1, -0.05) is 43.7 Å². The number of rotatable bonds is 5. The van der Waals surface area contributed by atoms with Gasteiger partial charge in [-0.15, -0.1) is 0 Å². The summed E-state index contributed by atoms with van der Waals surface area (Å²) in [5, 5.41) is 0. The van der Waals surface area contributed by atoms with Gasteiger partial charge in [0.1, 0.15) is 6.61 Å². The fourth-order valence-electron chi connectivity index (χ4n) is 4.48. The predicted octanol–water partition coefficient (Wildman–Crippen LogP) is 3.29. The Hall–Kier alpha value is -1.63. The van der Waals surface area contributed by atoms with Crippen molar-refractivity contribution in [3.63, 3.8) is 0 Å². The van der Waals surface area contributed by atoms with Gasteiger partial charge in [-0.2, -0.15) is 0 Å². The molecule has 0 saturated carbocycles. The van der Waals surface area contributed by atoms with Gasteiger partial charge >= 0.3 is 6.09 Å². The summed E-state index contributed by atoms with van der Waals surface area (Å²) in [4.78, 5) is 14.9. The highest BCUT2D eigenvalue weighted by molar-refractivity contribution is 5.69. The van der Waals surface area contributed by atoms with E-state index in [0.29, 0.717) is 26.2 Å². The summed E-state index contributed by atoms with van der Waals surface area (Å²) in [6.07, 6.45) is 3.03. The fourth-order valence-corrected chi connectivity index (χ4v) is 4.48. The number of carbonyl (C=O) groups is 1. The number of nitrogens with two attached hydrogens (primary N) is 1. The second-order valence-corrected chi connectivity index (χ2v) is 7.56. The molecule has 0 aromatic heterocycles. The fraction of sp³-hybridized carbons (Fsp3) is 0.667. The number of likely N-dealkylation sites (tertiary alicyclic amines) is 1. The molecule has 6 heteroatoms. The quantitative estimate of drug-likeness (QED) is 0.853. The summed E-state index contributed by atoms with van der Waals surface area (Å²) in [5.74, 6) is -0.735. The van der Waals surface area contributed by atoms with Crippen LogP contribution < -0.4 is 5.73 Å². The second kappa shape index (κ2) is 9.04. The first-order valence-electron chi connectivity index (χ1n) is 10.1. The molecule has 1 aromatic rings. The lowest BCUT2D eigenvalue weighted by atomic mass is 9.78. The van der Waals surface area contributed by atoms with Crippen molar-refractivity contribution in [1.29, 1.82) is 0 Å². The molecule has 3 rings (SSSR count). The van der Waals surface area contributed by atoms with Crippen LogP contribution in [0, 0.1) is 5.92 Å². The molecule has 2 N–H and O–H groups in total. The summed E-state index contributed by atoms with van der Waals surface area (Å²) >= 11 is 0. The number of nitrogens with zero attached hydrogens (tertiary/aromatic N) is 1. The number of hydrogen-bond donors (Lipinski definition) is 1. The number of piperidine rings is 1. The van der Waals surface area contributed by atoms with Crippen molar-refractivity contribution in [2.24, 2.45) is 11.7 Å². The molecule has 2 aliphatic rings. The van der Waals surface area contributed by atoms with Gasteiger partial charge in [0.05, 0.1) is 13.2 Å². The highest BCUT2D eigenvalue weighted by atomic mass is 16.7. The zero-order valence-corrected chi connectivity index (χ0v) is 16.4. The first kappa shape index (κ1) is 20.1. The Morgan fingerprint density at radius 3 is 2.63 bits per heavy atom. The largest absolute Gasteiger partial charge is 0.445 e. The minimum Gasteiger partial charge on any atom is -0.445 e. The summed E-state index contributed by atoms with van der Waals surface area (Å²) < 4.78 is 17.9. The molecule has 3 atom stereocenters. The molecule has 2 fully saturated rings. The monoisotopic (exact) mass is 376 g/mol. The van der Waals surface area contributed by atoms with Gasteiger partial charge in [-0.05, 0) is 25.3 Å². The normalized spacial score (nSPS) is 27.5. The van der Waals surface area contributed by atoms with E-state index in [0.717, 1.165) is 24.8 Å². The highest BCUT2D eigenvalue weighted by Gasteiger charge is 2.54. The van der Waals surface area contributed by atoms with Crippen LogP contribution in [0.4, 0.5) is 4.79 Å². The summed E-state index contributed by atoms with van der Waals surface area (Å²) in [6.45, 7) is 6.21. The van der Waals surface area contributed by atoms with Crippen LogP contribution in [0.5, 0.6) is 0 Å². The van der Waals surface area contributed by atoms with E-state index in [-0.39, 0.29) is 30.7 Å². The molecule has 1 amide bonds. The van der Waals surface area contributed by atoms with Gasteiger partial charge in [-0.25, -0.2) is 4.79 Å². The maximum atomic E-state index is 13.0. The molecule has 0 unspecified atom stereocenters. The van der Waals surface area contributed by atoms with E-state index in [9.17, 15) is 4.79 Å². The van der Waals surface area contributed by atoms with Crippen molar-refractivity contribution in [1.82, 2.24) is 4.90 Å². The zero-order chi connectivity index (χ0) is 19.3. The SMILES string of the molecule is CCC[C@H]1[C@H](CN)C2(C[C@@H](C)N1C(=O)OCc1ccccc1)OCCCO2. The first-order chi connectivity index (χ1) is 13.1.